The average Bonchev–Trinajstić information content (AvgIpc) is 2.66. The lowest BCUT2D eigenvalue weighted by Gasteiger charge is -2.16. The van der Waals surface area contributed by atoms with E-state index < -0.39 is 5.41 Å². The number of rotatable bonds is 2. The molecule has 1 aliphatic heterocycles. The van der Waals surface area contributed by atoms with Crippen LogP contribution in [-0.4, -0.2) is 27.1 Å². The van der Waals surface area contributed by atoms with Gasteiger partial charge in [-0.1, -0.05) is 0 Å². The number of aryl methyl sites for hydroxylation is 1. The van der Waals surface area contributed by atoms with Crippen LogP contribution in [0.1, 0.15) is 19.5 Å². The third kappa shape index (κ3) is 1.74. The fraction of sp³-hybridized carbons (Fsp3) is 0.600. The normalized spacial score (nSPS) is 19.9. The van der Waals surface area contributed by atoms with Crippen molar-refractivity contribution < 1.29 is 9.63 Å². The van der Waals surface area contributed by atoms with Gasteiger partial charge in [0.1, 0.15) is 0 Å². The van der Waals surface area contributed by atoms with Crippen molar-refractivity contribution in [3.63, 3.8) is 0 Å². The Morgan fingerprint density at radius 3 is 2.80 bits per heavy atom. The molecule has 0 spiro atoms. The lowest BCUT2D eigenvalue weighted by molar-refractivity contribution is -0.165. The molecule has 0 unspecified atom stereocenters. The van der Waals surface area contributed by atoms with Gasteiger partial charge in [-0.15, -0.1) is 0 Å². The van der Waals surface area contributed by atoms with E-state index in [1.165, 1.54) is 5.06 Å². The van der Waals surface area contributed by atoms with E-state index in [1.807, 2.05) is 25.5 Å². The molecule has 15 heavy (non-hydrogen) atoms. The van der Waals surface area contributed by atoms with E-state index in [0.29, 0.717) is 13.2 Å². The molecule has 5 heteroatoms. The van der Waals surface area contributed by atoms with Crippen LogP contribution in [0.25, 0.3) is 0 Å². The molecule has 1 fully saturated rings. The van der Waals surface area contributed by atoms with Gasteiger partial charge in [0, 0.05) is 7.05 Å². The third-order valence-electron chi connectivity index (χ3n) is 2.61. The molecular weight excluding hydrogens is 194 g/mol. The molecule has 5 nitrogen and oxygen atoms in total. The summed E-state index contributed by atoms with van der Waals surface area (Å²) in [6, 6.07) is 0. The van der Waals surface area contributed by atoms with Gasteiger partial charge in [0.25, 0.3) is 5.91 Å². The van der Waals surface area contributed by atoms with Crippen LogP contribution in [-0.2, 0) is 23.2 Å². The lowest BCUT2D eigenvalue weighted by Crippen LogP contribution is -2.30. The first kappa shape index (κ1) is 10.2. The van der Waals surface area contributed by atoms with Gasteiger partial charge >= 0.3 is 0 Å². The van der Waals surface area contributed by atoms with Gasteiger partial charge in [-0.2, -0.15) is 0 Å². The van der Waals surface area contributed by atoms with Crippen LogP contribution in [0.2, 0.25) is 0 Å². The number of carbonyl (C=O) groups excluding carboxylic acids is 1. The van der Waals surface area contributed by atoms with Crippen LogP contribution in [0.4, 0.5) is 0 Å². The number of aromatic nitrogens is 2. The molecule has 1 aromatic heterocycles. The number of hydroxylamine groups is 2. The number of amides is 1. The molecule has 1 aromatic rings. The van der Waals surface area contributed by atoms with Gasteiger partial charge in [0.05, 0.1) is 36.8 Å². The predicted molar refractivity (Wildman–Crippen MR) is 53.5 cm³/mol. The molecule has 1 saturated heterocycles. The molecule has 82 valence electrons. The fourth-order valence-electron chi connectivity index (χ4n) is 1.50. The molecule has 0 N–H and O–H groups in total. The highest BCUT2D eigenvalue weighted by Gasteiger charge is 2.40. The Morgan fingerprint density at radius 2 is 2.33 bits per heavy atom. The maximum absolute atomic E-state index is 11.8. The van der Waals surface area contributed by atoms with E-state index in [-0.39, 0.29) is 5.91 Å². The summed E-state index contributed by atoms with van der Waals surface area (Å²) in [6.07, 6.45) is 3.45. The monoisotopic (exact) mass is 209 g/mol. The largest absolute Gasteiger partial charge is 0.336 e. The number of imidazole rings is 1. The quantitative estimate of drug-likeness (QED) is 0.721. The van der Waals surface area contributed by atoms with Crippen LogP contribution in [0, 0.1) is 5.41 Å². The molecule has 2 heterocycles. The van der Waals surface area contributed by atoms with Crippen molar-refractivity contribution in [3.8, 4) is 0 Å². The van der Waals surface area contributed by atoms with Gasteiger partial charge in [-0.25, -0.2) is 10.0 Å². The zero-order chi connectivity index (χ0) is 11.1. The maximum atomic E-state index is 11.8. The molecular formula is C10H15N3O2. The topological polar surface area (TPSA) is 47.4 Å². The Bertz CT molecular complexity index is 384. The molecule has 0 aromatic carbocycles. The van der Waals surface area contributed by atoms with Gasteiger partial charge in [-0.05, 0) is 13.8 Å². The standard InChI is InChI=1S/C10H15N3O2/c1-10(2)6-15-13(9(10)14)5-8-4-11-7-12(8)3/h4,7H,5-6H2,1-3H3. The smallest absolute Gasteiger partial charge is 0.254 e. The molecule has 0 atom stereocenters. The minimum Gasteiger partial charge on any atom is -0.336 e. The molecule has 1 amide bonds. The van der Waals surface area contributed by atoms with Crippen LogP contribution in [0.3, 0.4) is 0 Å². The lowest BCUT2D eigenvalue weighted by atomic mass is 9.95. The fourth-order valence-corrected chi connectivity index (χ4v) is 1.50. The zero-order valence-electron chi connectivity index (χ0n) is 9.23. The van der Waals surface area contributed by atoms with E-state index >= 15 is 0 Å². The minimum atomic E-state index is -0.404. The maximum Gasteiger partial charge on any atom is 0.254 e. The molecule has 2 rings (SSSR count). The van der Waals surface area contributed by atoms with E-state index in [0.717, 1.165) is 5.69 Å². The second-order valence-corrected chi connectivity index (χ2v) is 4.49. The number of hydrogen-bond donors (Lipinski definition) is 0. The molecule has 1 aliphatic rings. The summed E-state index contributed by atoms with van der Waals surface area (Å²) in [5, 5.41) is 1.41. The van der Waals surface area contributed by atoms with Crippen molar-refractivity contribution in [2.24, 2.45) is 12.5 Å². The van der Waals surface area contributed by atoms with Crippen molar-refractivity contribution in [2.45, 2.75) is 20.4 Å². The van der Waals surface area contributed by atoms with Crippen molar-refractivity contribution >= 4 is 5.91 Å². The highest BCUT2D eigenvalue weighted by molar-refractivity contribution is 5.82. The van der Waals surface area contributed by atoms with Crippen molar-refractivity contribution in [1.82, 2.24) is 14.6 Å². The Kier molecular flexibility index (Phi) is 2.26. The average molecular weight is 209 g/mol. The summed E-state index contributed by atoms with van der Waals surface area (Å²) >= 11 is 0. The van der Waals surface area contributed by atoms with Gasteiger partial charge < -0.3 is 4.57 Å². The van der Waals surface area contributed by atoms with E-state index in [4.69, 9.17) is 4.84 Å². The summed E-state index contributed by atoms with van der Waals surface area (Å²) in [7, 11) is 1.90. The Balaban J connectivity index is 2.09. The first-order valence-electron chi connectivity index (χ1n) is 4.91. The van der Waals surface area contributed by atoms with Gasteiger partial charge in [0.2, 0.25) is 0 Å². The Hall–Kier alpha value is -1.36. The SMILES string of the molecule is Cn1cncc1CN1OCC(C)(C)C1=O. The first-order chi connectivity index (χ1) is 7.00. The molecule has 0 bridgehead atoms. The van der Waals surface area contributed by atoms with E-state index in [2.05, 4.69) is 4.98 Å². The predicted octanol–water partition coefficient (Wildman–Crippen LogP) is 0.720. The number of nitrogens with zero attached hydrogens (tertiary/aromatic N) is 3. The molecule has 0 aliphatic carbocycles. The molecule has 0 radical (unpaired) electrons. The second-order valence-electron chi connectivity index (χ2n) is 4.49. The van der Waals surface area contributed by atoms with Crippen molar-refractivity contribution in [3.05, 3.63) is 18.2 Å². The second kappa shape index (κ2) is 3.34. The van der Waals surface area contributed by atoms with E-state index in [1.54, 1.807) is 12.5 Å². The Morgan fingerprint density at radius 1 is 1.60 bits per heavy atom. The minimum absolute atomic E-state index is 0.0312. The van der Waals surface area contributed by atoms with Gasteiger partial charge in [0.15, 0.2) is 0 Å². The van der Waals surface area contributed by atoms with Gasteiger partial charge in [-0.3, -0.25) is 9.63 Å². The van der Waals surface area contributed by atoms with Crippen LogP contribution < -0.4 is 0 Å². The highest BCUT2D eigenvalue weighted by Crippen LogP contribution is 2.27. The zero-order valence-corrected chi connectivity index (χ0v) is 9.23. The van der Waals surface area contributed by atoms with Crippen LogP contribution in [0.5, 0.6) is 0 Å². The van der Waals surface area contributed by atoms with Crippen LogP contribution >= 0.6 is 0 Å². The first-order valence-corrected chi connectivity index (χ1v) is 4.91. The summed E-state index contributed by atoms with van der Waals surface area (Å²) in [6.45, 7) is 4.68. The summed E-state index contributed by atoms with van der Waals surface area (Å²) in [5.74, 6) is 0.0312. The summed E-state index contributed by atoms with van der Waals surface area (Å²) < 4.78 is 1.88. The Labute approximate surface area is 88.6 Å². The molecule has 0 saturated carbocycles. The highest BCUT2D eigenvalue weighted by atomic mass is 16.7. The number of carbonyl (C=O) groups is 1. The van der Waals surface area contributed by atoms with Crippen molar-refractivity contribution in [1.29, 1.82) is 0 Å². The summed E-state index contributed by atoms with van der Waals surface area (Å²) in [4.78, 5) is 21.2. The van der Waals surface area contributed by atoms with Crippen LogP contribution in [0.15, 0.2) is 12.5 Å². The number of hydrogen-bond acceptors (Lipinski definition) is 3. The van der Waals surface area contributed by atoms with Crippen molar-refractivity contribution in [2.75, 3.05) is 6.61 Å². The van der Waals surface area contributed by atoms with E-state index in [9.17, 15) is 4.79 Å². The summed E-state index contributed by atoms with van der Waals surface area (Å²) in [5.41, 5.74) is 0.555. The third-order valence-corrected chi connectivity index (χ3v) is 2.61.